The van der Waals surface area contributed by atoms with Crippen molar-refractivity contribution < 1.29 is 17.9 Å². The number of nitrogens with one attached hydrogen (secondary N) is 1. The summed E-state index contributed by atoms with van der Waals surface area (Å²) in [6.07, 6.45) is 0.706. The molecule has 0 saturated carbocycles. The van der Waals surface area contributed by atoms with E-state index < -0.39 is 10.0 Å². The summed E-state index contributed by atoms with van der Waals surface area (Å²) in [5.74, 6) is 1.42. The molecule has 2 aromatic carbocycles. The normalized spacial score (nSPS) is 11.2. The third-order valence-electron chi connectivity index (χ3n) is 3.42. The number of benzene rings is 2. The Morgan fingerprint density at radius 3 is 2.50 bits per heavy atom. The highest BCUT2D eigenvalue weighted by Crippen LogP contribution is 2.25. The maximum Gasteiger partial charge on any atom is 0.238 e. The van der Waals surface area contributed by atoms with Crippen molar-refractivity contribution in [1.29, 1.82) is 0 Å². The van der Waals surface area contributed by atoms with Crippen molar-refractivity contribution in [1.82, 2.24) is 5.32 Å². The third kappa shape index (κ3) is 5.52. The Bertz CT molecular complexity index is 763. The van der Waals surface area contributed by atoms with Crippen molar-refractivity contribution in [2.24, 2.45) is 5.14 Å². The predicted molar refractivity (Wildman–Crippen MR) is 92.9 cm³/mol. The molecule has 0 aromatic heterocycles. The van der Waals surface area contributed by atoms with E-state index in [9.17, 15) is 8.42 Å². The molecule has 2 rings (SSSR count). The lowest BCUT2D eigenvalue weighted by atomic mass is 10.1. The van der Waals surface area contributed by atoms with Crippen LogP contribution in [0.5, 0.6) is 11.5 Å². The van der Waals surface area contributed by atoms with E-state index in [2.05, 4.69) is 5.32 Å². The molecule has 0 aliphatic heterocycles. The second-order valence-electron chi connectivity index (χ2n) is 5.19. The van der Waals surface area contributed by atoms with Gasteiger partial charge in [-0.25, -0.2) is 13.6 Å². The quantitative estimate of drug-likeness (QED) is 0.670. The Kier molecular flexibility index (Phi) is 6.60. The highest BCUT2D eigenvalue weighted by molar-refractivity contribution is 7.89. The predicted octanol–water partition coefficient (Wildman–Crippen LogP) is 1.55. The van der Waals surface area contributed by atoms with Crippen molar-refractivity contribution in [3.63, 3.8) is 0 Å². The first-order valence-corrected chi connectivity index (χ1v) is 9.13. The lowest BCUT2D eigenvalue weighted by Crippen LogP contribution is -2.23. The van der Waals surface area contributed by atoms with Crippen LogP contribution in [0.2, 0.25) is 0 Å². The van der Waals surface area contributed by atoms with Gasteiger partial charge in [0.2, 0.25) is 10.0 Å². The van der Waals surface area contributed by atoms with E-state index in [0.717, 1.165) is 5.56 Å². The van der Waals surface area contributed by atoms with E-state index in [4.69, 9.17) is 14.6 Å². The molecule has 2 aromatic rings. The van der Waals surface area contributed by atoms with Gasteiger partial charge in [-0.05, 0) is 42.8 Å². The number of para-hydroxylation sites is 2. The lowest BCUT2D eigenvalue weighted by molar-refractivity contribution is 0.292. The van der Waals surface area contributed by atoms with E-state index in [0.29, 0.717) is 37.6 Å². The summed E-state index contributed by atoms with van der Waals surface area (Å²) in [6.45, 7) is 1.90. The largest absolute Gasteiger partial charge is 0.493 e. The number of sulfonamides is 1. The van der Waals surface area contributed by atoms with Gasteiger partial charge in [-0.15, -0.1) is 0 Å². The molecule has 0 unspecified atom stereocenters. The fourth-order valence-corrected chi connectivity index (χ4v) is 2.79. The molecule has 0 heterocycles. The molecule has 0 radical (unpaired) electrons. The van der Waals surface area contributed by atoms with Gasteiger partial charge in [-0.3, -0.25) is 0 Å². The highest BCUT2D eigenvalue weighted by Gasteiger charge is 2.07. The van der Waals surface area contributed by atoms with Crippen molar-refractivity contribution in [3.05, 3.63) is 54.1 Å². The highest BCUT2D eigenvalue weighted by atomic mass is 32.2. The van der Waals surface area contributed by atoms with Crippen LogP contribution >= 0.6 is 0 Å². The molecule has 6 nitrogen and oxygen atoms in total. The molecule has 7 heteroatoms. The molecule has 0 spiro atoms. The molecular weight excluding hydrogens is 328 g/mol. The van der Waals surface area contributed by atoms with Crippen molar-refractivity contribution >= 4 is 10.0 Å². The zero-order valence-electron chi connectivity index (χ0n) is 13.6. The first kappa shape index (κ1) is 18.3. The molecule has 0 saturated heterocycles. The molecule has 3 N–H and O–H groups in total. The monoisotopic (exact) mass is 350 g/mol. The first-order chi connectivity index (χ1) is 11.5. The number of primary sulfonamides is 1. The van der Waals surface area contributed by atoms with E-state index >= 15 is 0 Å². The molecule has 24 heavy (non-hydrogen) atoms. The second-order valence-corrected chi connectivity index (χ2v) is 6.75. The molecule has 0 fully saturated rings. The summed E-state index contributed by atoms with van der Waals surface area (Å²) in [6, 6.07) is 14.2. The molecule has 0 aliphatic carbocycles. The van der Waals surface area contributed by atoms with Crippen LogP contribution in [-0.4, -0.2) is 35.2 Å². The summed E-state index contributed by atoms with van der Waals surface area (Å²) in [7, 11) is -2.05. The Morgan fingerprint density at radius 1 is 1.04 bits per heavy atom. The van der Waals surface area contributed by atoms with Gasteiger partial charge in [0, 0.05) is 6.54 Å². The lowest BCUT2D eigenvalue weighted by Gasteiger charge is -2.11. The number of rotatable bonds is 9. The van der Waals surface area contributed by atoms with Crippen LogP contribution < -0.4 is 19.9 Å². The van der Waals surface area contributed by atoms with Gasteiger partial charge in [0.05, 0.1) is 12.0 Å². The Labute approximate surface area is 142 Å². The standard InChI is InChI=1S/C17H22N2O4S/c1-22-16-7-2-3-8-17(16)23-12-11-19-10-9-14-5-4-6-15(13-14)24(18,20)21/h2-8,13,19H,9-12H2,1H3,(H2,18,20,21). The fraction of sp³-hybridized carbons (Fsp3) is 0.294. The van der Waals surface area contributed by atoms with Crippen LogP contribution in [0.1, 0.15) is 5.56 Å². The zero-order chi connectivity index (χ0) is 17.4. The minimum absolute atomic E-state index is 0.138. The number of nitrogens with two attached hydrogens (primary N) is 1. The average Bonchev–Trinajstić information content (AvgIpc) is 2.58. The van der Waals surface area contributed by atoms with Crippen molar-refractivity contribution in [2.45, 2.75) is 11.3 Å². The Balaban J connectivity index is 1.72. The van der Waals surface area contributed by atoms with Crippen LogP contribution in [0.25, 0.3) is 0 Å². The summed E-state index contributed by atoms with van der Waals surface area (Å²) in [5.41, 5.74) is 0.916. The second kappa shape index (κ2) is 8.68. The molecular formula is C17H22N2O4S. The van der Waals surface area contributed by atoms with E-state index in [1.54, 1.807) is 19.2 Å². The van der Waals surface area contributed by atoms with Crippen LogP contribution in [0, 0.1) is 0 Å². The summed E-state index contributed by atoms with van der Waals surface area (Å²) >= 11 is 0. The van der Waals surface area contributed by atoms with E-state index in [1.165, 1.54) is 6.07 Å². The summed E-state index contributed by atoms with van der Waals surface area (Å²) < 4.78 is 33.5. The van der Waals surface area contributed by atoms with Crippen molar-refractivity contribution in [2.75, 3.05) is 26.8 Å². The van der Waals surface area contributed by atoms with Gasteiger partial charge in [0.1, 0.15) is 6.61 Å². The van der Waals surface area contributed by atoms with Crippen LogP contribution in [-0.2, 0) is 16.4 Å². The van der Waals surface area contributed by atoms with Crippen LogP contribution in [0.3, 0.4) is 0 Å². The van der Waals surface area contributed by atoms with Gasteiger partial charge in [0.15, 0.2) is 11.5 Å². The number of methoxy groups -OCH3 is 1. The van der Waals surface area contributed by atoms with Crippen LogP contribution in [0.15, 0.2) is 53.4 Å². The van der Waals surface area contributed by atoms with Gasteiger partial charge in [0.25, 0.3) is 0 Å². The van der Waals surface area contributed by atoms with Gasteiger partial charge >= 0.3 is 0 Å². The molecule has 0 bridgehead atoms. The molecule has 130 valence electrons. The number of ether oxygens (including phenoxy) is 2. The minimum atomic E-state index is -3.65. The smallest absolute Gasteiger partial charge is 0.238 e. The van der Waals surface area contributed by atoms with E-state index in [-0.39, 0.29) is 4.90 Å². The molecule has 0 aliphatic rings. The number of hydrogen-bond donors (Lipinski definition) is 2. The molecule has 0 atom stereocenters. The maximum absolute atomic E-state index is 11.3. The minimum Gasteiger partial charge on any atom is -0.493 e. The fourth-order valence-electron chi connectivity index (χ4n) is 2.21. The topological polar surface area (TPSA) is 90.7 Å². The Hall–Kier alpha value is -2.09. The SMILES string of the molecule is COc1ccccc1OCCNCCc1cccc(S(N)(=O)=O)c1. The van der Waals surface area contributed by atoms with Crippen molar-refractivity contribution in [3.8, 4) is 11.5 Å². The van der Waals surface area contributed by atoms with Gasteiger partial charge < -0.3 is 14.8 Å². The summed E-state index contributed by atoms with van der Waals surface area (Å²) in [5, 5.41) is 8.38. The maximum atomic E-state index is 11.3. The average molecular weight is 350 g/mol. The third-order valence-corrected chi connectivity index (χ3v) is 4.33. The molecule has 0 amide bonds. The van der Waals surface area contributed by atoms with Crippen LogP contribution in [0.4, 0.5) is 0 Å². The number of hydrogen-bond acceptors (Lipinski definition) is 5. The van der Waals surface area contributed by atoms with Gasteiger partial charge in [-0.1, -0.05) is 24.3 Å². The first-order valence-electron chi connectivity index (χ1n) is 7.59. The zero-order valence-corrected chi connectivity index (χ0v) is 14.4. The summed E-state index contributed by atoms with van der Waals surface area (Å²) in [4.78, 5) is 0.138. The van der Waals surface area contributed by atoms with E-state index in [1.807, 2.05) is 30.3 Å². The van der Waals surface area contributed by atoms with Gasteiger partial charge in [-0.2, -0.15) is 0 Å². The Morgan fingerprint density at radius 2 is 1.79 bits per heavy atom.